The molecule has 0 saturated carbocycles. The second-order valence-electron chi connectivity index (χ2n) is 5.66. The lowest BCUT2D eigenvalue weighted by atomic mass is 10.1. The molecule has 1 heterocycles. The summed E-state index contributed by atoms with van der Waals surface area (Å²) in [4.78, 5) is 31.3. The molecule has 1 fully saturated rings. The minimum Gasteiger partial charge on any atom is -0.335 e. The molecule has 0 atom stereocenters. The number of piperazine rings is 1. The van der Waals surface area contributed by atoms with Gasteiger partial charge in [-0.05, 0) is 23.7 Å². The van der Waals surface area contributed by atoms with E-state index >= 15 is 0 Å². The molecule has 0 bridgehead atoms. The van der Waals surface area contributed by atoms with Gasteiger partial charge in [0.15, 0.2) is 0 Å². The minimum absolute atomic E-state index is 0.0258. The summed E-state index contributed by atoms with van der Waals surface area (Å²) in [5.74, 6) is -0.211. The maximum atomic E-state index is 12.7. The van der Waals surface area contributed by atoms with Crippen LogP contribution in [0.2, 0.25) is 0 Å². The molecule has 0 unspecified atom stereocenters. The third-order valence-electron chi connectivity index (χ3n) is 4.16. The number of azide groups is 1. The van der Waals surface area contributed by atoms with E-state index in [9.17, 15) is 9.59 Å². The minimum atomic E-state index is -0.185. The monoisotopic (exact) mass is 335 g/mol. The van der Waals surface area contributed by atoms with Gasteiger partial charge in [0.2, 0.25) is 0 Å². The highest BCUT2D eigenvalue weighted by molar-refractivity contribution is 5.99. The molecule has 7 heteroatoms. The molecule has 2 aromatic rings. The van der Waals surface area contributed by atoms with Gasteiger partial charge in [0, 0.05) is 42.2 Å². The van der Waals surface area contributed by atoms with Crippen molar-refractivity contribution >= 4 is 17.5 Å². The van der Waals surface area contributed by atoms with Gasteiger partial charge >= 0.3 is 0 Å². The number of carbonyl (C=O) groups is 2. The van der Waals surface area contributed by atoms with E-state index in [4.69, 9.17) is 5.53 Å². The Labute approximate surface area is 145 Å². The van der Waals surface area contributed by atoms with E-state index in [1.165, 1.54) is 0 Å². The molecule has 0 spiro atoms. The first-order chi connectivity index (χ1) is 12.2. The number of hydrogen-bond acceptors (Lipinski definition) is 3. The highest BCUT2D eigenvalue weighted by Crippen LogP contribution is 2.21. The van der Waals surface area contributed by atoms with Gasteiger partial charge in [0.1, 0.15) is 0 Å². The third-order valence-corrected chi connectivity index (χ3v) is 4.16. The van der Waals surface area contributed by atoms with E-state index in [2.05, 4.69) is 10.0 Å². The van der Waals surface area contributed by atoms with Crippen LogP contribution in [0.1, 0.15) is 20.7 Å². The molecule has 2 amide bonds. The van der Waals surface area contributed by atoms with Gasteiger partial charge in [-0.3, -0.25) is 9.59 Å². The normalized spacial score (nSPS) is 13.9. The summed E-state index contributed by atoms with van der Waals surface area (Å²) in [6.07, 6.45) is 0. The van der Waals surface area contributed by atoms with Crippen LogP contribution in [-0.2, 0) is 0 Å². The molecule has 0 aliphatic carbocycles. The van der Waals surface area contributed by atoms with Crippen molar-refractivity contribution in [2.24, 2.45) is 5.11 Å². The summed E-state index contributed by atoms with van der Waals surface area (Å²) in [6.45, 7) is 1.84. The Morgan fingerprint density at radius 2 is 1.40 bits per heavy atom. The highest BCUT2D eigenvalue weighted by atomic mass is 16.2. The van der Waals surface area contributed by atoms with Gasteiger partial charge in [-0.2, -0.15) is 0 Å². The Kier molecular flexibility index (Phi) is 4.97. The molecule has 126 valence electrons. The van der Waals surface area contributed by atoms with Crippen molar-refractivity contribution in [3.63, 3.8) is 0 Å². The van der Waals surface area contributed by atoms with Crippen molar-refractivity contribution in [3.8, 4) is 0 Å². The maximum Gasteiger partial charge on any atom is 0.254 e. The van der Waals surface area contributed by atoms with E-state index in [1.54, 1.807) is 46.2 Å². The first-order valence-corrected chi connectivity index (χ1v) is 7.98. The average molecular weight is 335 g/mol. The second kappa shape index (κ2) is 7.51. The quantitative estimate of drug-likeness (QED) is 0.489. The third kappa shape index (κ3) is 3.62. The predicted molar refractivity (Wildman–Crippen MR) is 93.5 cm³/mol. The van der Waals surface area contributed by atoms with Crippen molar-refractivity contribution in [2.45, 2.75) is 0 Å². The van der Waals surface area contributed by atoms with Crippen molar-refractivity contribution in [2.75, 3.05) is 26.2 Å². The van der Waals surface area contributed by atoms with Crippen LogP contribution >= 0.6 is 0 Å². The molecule has 25 heavy (non-hydrogen) atoms. The Hall–Kier alpha value is -3.31. The van der Waals surface area contributed by atoms with E-state index in [-0.39, 0.29) is 11.8 Å². The zero-order valence-electron chi connectivity index (χ0n) is 13.6. The summed E-state index contributed by atoms with van der Waals surface area (Å²) < 4.78 is 0. The average Bonchev–Trinajstić information content (AvgIpc) is 2.68. The first kappa shape index (κ1) is 16.5. The van der Waals surface area contributed by atoms with Crippen LogP contribution in [0.25, 0.3) is 10.4 Å². The van der Waals surface area contributed by atoms with Crippen LogP contribution in [-0.4, -0.2) is 47.8 Å². The Bertz CT molecular complexity index is 822. The number of rotatable bonds is 3. The van der Waals surface area contributed by atoms with Crippen LogP contribution in [0.3, 0.4) is 0 Å². The number of carbonyl (C=O) groups excluding carboxylic acids is 2. The van der Waals surface area contributed by atoms with E-state index in [0.717, 1.165) is 0 Å². The largest absolute Gasteiger partial charge is 0.335 e. The van der Waals surface area contributed by atoms with Crippen LogP contribution < -0.4 is 0 Å². The van der Waals surface area contributed by atoms with Gasteiger partial charge in [-0.25, -0.2) is 0 Å². The van der Waals surface area contributed by atoms with Gasteiger partial charge < -0.3 is 9.80 Å². The first-order valence-electron chi connectivity index (χ1n) is 7.98. The molecule has 0 N–H and O–H groups in total. The predicted octanol–water partition coefficient (Wildman–Crippen LogP) is 3.23. The fourth-order valence-electron chi connectivity index (χ4n) is 2.84. The van der Waals surface area contributed by atoms with E-state index < -0.39 is 0 Å². The molecule has 3 rings (SSSR count). The molecule has 0 radical (unpaired) electrons. The Morgan fingerprint density at radius 3 is 2.04 bits per heavy atom. The zero-order valence-corrected chi connectivity index (χ0v) is 13.6. The Morgan fingerprint density at radius 1 is 0.840 bits per heavy atom. The molecule has 7 nitrogen and oxygen atoms in total. The van der Waals surface area contributed by atoms with E-state index in [1.807, 2.05) is 18.2 Å². The number of nitrogens with zero attached hydrogens (tertiary/aromatic N) is 5. The summed E-state index contributed by atoms with van der Waals surface area (Å²) in [6, 6.07) is 15.8. The molecule has 1 saturated heterocycles. The number of amides is 2. The lowest BCUT2D eigenvalue weighted by molar-refractivity contribution is 0.0536. The smallest absolute Gasteiger partial charge is 0.254 e. The maximum absolute atomic E-state index is 12.7. The summed E-state index contributed by atoms with van der Waals surface area (Å²) in [7, 11) is 0. The van der Waals surface area contributed by atoms with Crippen LogP contribution in [0, 0.1) is 0 Å². The molecule has 1 aliphatic rings. The van der Waals surface area contributed by atoms with E-state index in [0.29, 0.717) is 43.0 Å². The molecule has 1 aliphatic heterocycles. The van der Waals surface area contributed by atoms with Crippen LogP contribution in [0.4, 0.5) is 5.69 Å². The van der Waals surface area contributed by atoms with Gasteiger partial charge in [-0.15, -0.1) is 0 Å². The van der Waals surface area contributed by atoms with Gasteiger partial charge in [0.05, 0.1) is 5.69 Å². The van der Waals surface area contributed by atoms with Crippen molar-refractivity contribution in [1.29, 1.82) is 0 Å². The van der Waals surface area contributed by atoms with Crippen molar-refractivity contribution in [1.82, 2.24) is 9.80 Å². The Balaban J connectivity index is 1.67. The van der Waals surface area contributed by atoms with Crippen LogP contribution in [0.5, 0.6) is 0 Å². The standard InChI is InChI=1S/C18H17N5O2/c19-21-20-16-9-5-4-8-15(16)18(25)23-12-10-22(11-13-23)17(24)14-6-2-1-3-7-14/h1-9H,10-13H2. The van der Waals surface area contributed by atoms with Gasteiger partial charge in [-0.1, -0.05) is 41.5 Å². The second-order valence-corrected chi connectivity index (χ2v) is 5.66. The lowest BCUT2D eigenvalue weighted by Crippen LogP contribution is -2.50. The molecule has 2 aromatic carbocycles. The molecular formula is C18H17N5O2. The number of benzene rings is 2. The SMILES string of the molecule is [N-]=[N+]=Nc1ccccc1C(=O)N1CCN(C(=O)c2ccccc2)CC1. The fourth-order valence-corrected chi connectivity index (χ4v) is 2.84. The highest BCUT2D eigenvalue weighted by Gasteiger charge is 2.26. The van der Waals surface area contributed by atoms with Crippen molar-refractivity contribution < 1.29 is 9.59 Å². The lowest BCUT2D eigenvalue weighted by Gasteiger charge is -2.35. The molecule has 0 aromatic heterocycles. The van der Waals surface area contributed by atoms with Crippen molar-refractivity contribution in [3.05, 3.63) is 76.2 Å². The van der Waals surface area contributed by atoms with Gasteiger partial charge in [0.25, 0.3) is 11.8 Å². The topological polar surface area (TPSA) is 89.4 Å². The summed E-state index contributed by atoms with van der Waals surface area (Å²) in [5, 5.41) is 3.57. The number of hydrogen-bond donors (Lipinski definition) is 0. The summed E-state index contributed by atoms with van der Waals surface area (Å²) in [5.41, 5.74) is 9.97. The van der Waals surface area contributed by atoms with Crippen LogP contribution in [0.15, 0.2) is 59.7 Å². The molecular weight excluding hydrogens is 318 g/mol. The zero-order chi connectivity index (χ0) is 17.6. The fraction of sp³-hybridized carbons (Fsp3) is 0.222. The summed E-state index contributed by atoms with van der Waals surface area (Å²) >= 11 is 0.